The lowest BCUT2D eigenvalue weighted by molar-refractivity contribution is 0.0655. The van der Waals surface area contributed by atoms with Crippen molar-refractivity contribution in [3.8, 4) is 0 Å². The Bertz CT molecular complexity index is 412. The predicted molar refractivity (Wildman–Crippen MR) is 57.7 cm³/mol. The van der Waals surface area contributed by atoms with Gasteiger partial charge in [0.2, 0.25) is 0 Å². The number of hydrogen-bond donors (Lipinski definition) is 1. The number of aromatic nitrogens is 2. The number of methoxy groups -OCH3 is 1. The first-order valence-electron chi connectivity index (χ1n) is 5.51. The highest BCUT2D eigenvalue weighted by atomic mass is 16.5. The van der Waals surface area contributed by atoms with Crippen LogP contribution >= 0.6 is 0 Å². The minimum absolute atomic E-state index is 0.168. The van der Waals surface area contributed by atoms with Crippen LogP contribution < -0.4 is 0 Å². The Morgan fingerprint density at radius 2 is 2.44 bits per heavy atom. The van der Waals surface area contributed by atoms with Crippen molar-refractivity contribution in [3.05, 3.63) is 17.2 Å². The summed E-state index contributed by atoms with van der Waals surface area (Å²) in [6.45, 7) is 2.61. The number of ether oxygens (including phenoxy) is 1. The summed E-state index contributed by atoms with van der Waals surface area (Å²) in [7, 11) is 1.68. The fourth-order valence-electron chi connectivity index (χ4n) is 2.22. The molecule has 1 aliphatic rings. The van der Waals surface area contributed by atoms with Gasteiger partial charge in [-0.3, -0.25) is 0 Å². The number of carbonyl (C=O) groups is 1. The maximum Gasteiger partial charge on any atom is 0.354 e. The molecule has 0 radical (unpaired) electrons. The minimum Gasteiger partial charge on any atom is -0.477 e. The van der Waals surface area contributed by atoms with Crippen molar-refractivity contribution in [3.63, 3.8) is 0 Å². The van der Waals surface area contributed by atoms with Gasteiger partial charge in [0, 0.05) is 20.1 Å². The zero-order valence-corrected chi connectivity index (χ0v) is 9.56. The fraction of sp³-hybridized carbons (Fsp3) is 0.636. The Morgan fingerprint density at radius 1 is 1.69 bits per heavy atom. The van der Waals surface area contributed by atoms with Gasteiger partial charge in [-0.2, -0.15) is 0 Å². The van der Waals surface area contributed by atoms with Crippen LogP contribution in [0.3, 0.4) is 0 Å². The predicted octanol–water partition coefficient (Wildman–Crippen LogP) is 1.10. The van der Waals surface area contributed by atoms with Gasteiger partial charge in [0.25, 0.3) is 0 Å². The Labute approximate surface area is 94.1 Å². The summed E-state index contributed by atoms with van der Waals surface area (Å²) in [4.78, 5) is 15.6. The first-order chi connectivity index (χ1) is 7.67. The molecule has 1 aromatic heterocycles. The van der Waals surface area contributed by atoms with Crippen LogP contribution in [0, 0.1) is 0 Å². The largest absolute Gasteiger partial charge is 0.477 e. The van der Waals surface area contributed by atoms with Crippen molar-refractivity contribution in [2.75, 3.05) is 7.11 Å². The summed E-state index contributed by atoms with van der Waals surface area (Å²) in [5.41, 5.74) is 1.03. The second-order valence-electron chi connectivity index (χ2n) is 3.98. The van der Waals surface area contributed by atoms with E-state index in [1.807, 2.05) is 11.5 Å². The lowest BCUT2D eigenvalue weighted by Gasteiger charge is -2.22. The van der Waals surface area contributed by atoms with E-state index in [1.54, 1.807) is 7.11 Å². The molecule has 0 saturated heterocycles. The van der Waals surface area contributed by atoms with E-state index >= 15 is 0 Å². The lowest BCUT2D eigenvalue weighted by Crippen LogP contribution is -2.27. The molecular weight excluding hydrogens is 208 g/mol. The van der Waals surface area contributed by atoms with E-state index in [0.717, 1.165) is 12.2 Å². The van der Waals surface area contributed by atoms with Gasteiger partial charge in [0.05, 0.1) is 11.8 Å². The summed E-state index contributed by atoms with van der Waals surface area (Å²) in [6, 6.07) is 0. The van der Waals surface area contributed by atoms with E-state index in [-0.39, 0.29) is 6.10 Å². The van der Waals surface area contributed by atoms with Gasteiger partial charge < -0.3 is 14.4 Å². The van der Waals surface area contributed by atoms with Crippen LogP contribution in [-0.4, -0.2) is 33.8 Å². The highest BCUT2D eigenvalue weighted by Gasteiger charge is 2.27. The van der Waals surface area contributed by atoms with E-state index in [1.165, 1.54) is 0 Å². The summed E-state index contributed by atoms with van der Waals surface area (Å²) in [6.07, 6.45) is 2.38. The van der Waals surface area contributed by atoms with Crippen molar-refractivity contribution < 1.29 is 14.6 Å². The third kappa shape index (κ3) is 1.71. The molecule has 0 amide bonds. The molecule has 1 aliphatic heterocycles. The smallest absolute Gasteiger partial charge is 0.354 e. The number of nitrogens with zero attached hydrogens (tertiary/aromatic N) is 2. The molecule has 1 N–H and O–H groups in total. The van der Waals surface area contributed by atoms with E-state index in [2.05, 4.69) is 4.98 Å². The standard InChI is InChI=1S/C11H16N2O3/c1-3-8-10(11(14)15)13-5-4-7(16-2)6-9(13)12-8/h7H,3-6H2,1-2H3,(H,14,15)/t7-/m0/s1. The molecule has 0 spiro atoms. The number of hydrogen-bond acceptors (Lipinski definition) is 3. The van der Waals surface area contributed by atoms with Crippen molar-refractivity contribution in [2.24, 2.45) is 0 Å². The van der Waals surface area contributed by atoms with Gasteiger partial charge >= 0.3 is 5.97 Å². The SMILES string of the molecule is CCc1nc2n(c1C(=O)O)CC[C@H](OC)C2. The van der Waals surface area contributed by atoms with Crippen LogP contribution in [0.2, 0.25) is 0 Å². The molecule has 2 rings (SSSR count). The number of aryl methyl sites for hydroxylation is 1. The lowest BCUT2D eigenvalue weighted by atomic mass is 10.1. The van der Waals surface area contributed by atoms with E-state index in [4.69, 9.17) is 4.74 Å². The first kappa shape index (κ1) is 11.1. The molecular formula is C11H16N2O3. The van der Waals surface area contributed by atoms with Crippen molar-refractivity contribution in [1.29, 1.82) is 0 Å². The number of fused-ring (bicyclic) bond motifs is 1. The van der Waals surface area contributed by atoms with Gasteiger partial charge in [0.1, 0.15) is 5.82 Å². The first-order valence-corrected chi connectivity index (χ1v) is 5.51. The molecule has 1 atom stereocenters. The summed E-state index contributed by atoms with van der Waals surface area (Å²) >= 11 is 0. The van der Waals surface area contributed by atoms with E-state index in [9.17, 15) is 9.90 Å². The quantitative estimate of drug-likeness (QED) is 0.835. The zero-order chi connectivity index (χ0) is 11.7. The Kier molecular flexibility index (Phi) is 2.96. The number of aromatic carboxylic acids is 1. The number of carboxylic acids is 1. The second-order valence-corrected chi connectivity index (χ2v) is 3.98. The fourth-order valence-corrected chi connectivity index (χ4v) is 2.22. The highest BCUT2D eigenvalue weighted by Crippen LogP contribution is 2.21. The highest BCUT2D eigenvalue weighted by molar-refractivity contribution is 5.87. The van der Waals surface area contributed by atoms with Crippen LogP contribution in [0.4, 0.5) is 0 Å². The van der Waals surface area contributed by atoms with Crippen LogP contribution in [0.15, 0.2) is 0 Å². The van der Waals surface area contributed by atoms with Gasteiger partial charge in [-0.1, -0.05) is 6.92 Å². The van der Waals surface area contributed by atoms with Crippen LogP contribution in [0.5, 0.6) is 0 Å². The van der Waals surface area contributed by atoms with Crippen LogP contribution in [0.1, 0.15) is 35.4 Å². The Hall–Kier alpha value is -1.36. The maximum atomic E-state index is 11.2. The molecule has 0 aromatic carbocycles. The van der Waals surface area contributed by atoms with Gasteiger partial charge in [-0.25, -0.2) is 9.78 Å². The normalized spacial score (nSPS) is 19.5. The van der Waals surface area contributed by atoms with Crippen molar-refractivity contribution in [2.45, 2.75) is 38.8 Å². The molecule has 5 nitrogen and oxygen atoms in total. The summed E-state index contributed by atoms with van der Waals surface area (Å²) in [5.74, 6) is -0.0428. The molecule has 88 valence electrons. The molecule has 5 heteroatoms. The number of rotatable bonds is 3. The average Bonchev–Trinajstić information content (AvgIpc) is 2.65. The molecule has 16 heavy (non-hydrogen) atoms. The zero-order valence-electron chi connectivity index (χ0n) is 9.56. The monoisotopic (exact) mass is 224 g/mol. The van der Waals surface area contributed by atoms with Crippen LogP contribution in [0.25, 0.3) is 0 Å². The summed E-state index contributed by atoms with van der Waals surface area (Å²) in [5, 5.41) is 9.17. The minimum atomic E-state index is -0.883. The maximum absolute atomic E-state index is 11.2. The van der Waals surface area contributed by atoms with Crippen molar-refractivity contribution >= 4 is 5.97 Å². The molecule has 0 fully saturated rings. The number of imidazole rings is 1. The molecule has 0 bridgehead atoms. The van der Waals surface area contributed by atoms with Crippen LogP contribution in [-0.2, 0) is 24.1 Å². The van der Waals surface area contributed by atoms with Crippen molar-refractivity contribution in [1.82, 2.24) is 9.55 Å². The van der Waals surface area contributed by atoms with Gasteiger partial charge in [-0.15, -0.1) is 0 Å². The second kappa shape index (κ2) is 4.25. The topological polar surface area (TPSA) is 64.4 Å². The third-order valence-electron chi connectivity index (χ3n) is 3.07. The molecule has 0 aliphatic carbocycles. The molecule has 1 aromatic rings. The Morgan fingerprint density at radius 3 is 3.00 bits per heavy atom. The van der Waals surface area contributed by atoms with E-state index < -0.39 is 5.97 Å². The molecule has 2 heterocycles. The summed E-state index contributed by atoms with van der Waals surface area (Å²) < 4.78 is 7.11. The average molecular weight is 224 g/mol. The third-order valence-corrected chi connectivity index (χ3v) is 3.07. The van der Waals surface area contributed by atoms with Gasteiger partial charge in [-0.05, 0) is 12.8 Å². The molecule has 0 saturated carbocycles. The molecule has 0 unspecified atom stereocenters. The Balaban J connectivity index is 2.41. The van der Waals surface area contributed by atoms with E-state index in [0.29, 0.717) is 30.8 Å². The van der Waals surface area contributed by atoms with Gasteiger partial charge in [0.15, 0.2) is 5.69 Å². The number of carboxylic acid groups (broad SMARTS) is 1.